The number of carbonyl (C=O) groups is 4. The number of aryl methyl sites for hydroxylation is 1. The lowest BCUT2D eigenvalue weighted by atomic mass is 10.1. The molecule has 2 heterocycles. The summed E-state index contributed by atoms with van der Waals surface area (Å²) in [5.41, 5.74) is 2.61. The van der Waals surface area contributed by atoms with Gasteiger partial charge in [-0.05, 0) is 55.3 Å². The Morgan fingerprint density at radius 1 is 1.00 bits per heavy atom. The summed E-state index contributed by atoms with van der Waals surface area (Å²) in [5.74, 6) is -1.44. The number of anilines is 2. The Balaban J connectivity index is 1.47. The molecular weight excluding hydrogens is 420 g/mol. The van der Waals surface area contributed by atoms with Gasteiger partial charge in [0, 0.05) is 36.5 Å². The third-order valence-corrected chi connectivity index (χ3v) is 6.08. The fourth-order valence-corrected chi connectivity index (χ4v) is 4.14. The molecule has 0 aliphatic carbocycles. The van der Waals surface area contributed by atoms with Crippen LogP contribution < -0.4 is 14.5 Å². The highest BCUT2D eigenvalue weighted by atomic mass is 35.5. The van der Waals surface area contributed by atoms with Crippen LogP contribution in [0.5, 0.6) is 5.75 Å². The van der Waals surface area contributed by atoms with Crippen molar-refractivity contribution in [2.45, 2.75) is 33.1 Å². The Bertz CT molecular complexity index is 1100. The fourth-order valence-electron chi connectivity index (χ4n) is 3.97. The van der Waals surface area contributed by atoms with Gasteiger partial charge in [-0.3, -0.25) is 24.1 Å². The third-order valence-electron chi connectivity index (χ3n) is 5.67. The number of ether oxygens (including phenoxy) is 1. The van der Waals surface area contributed by atoms with Crippen molar-refractivity contribution in [1.82, 2.24) is 0 Å². The number of esters is 1. The van der Waals surface area contributed by atoms with Gasteiger partial charge >= 0.3 is 5.97 Å². The molecule has 0 radical (unpaired) electrons. The molecule has 2 aromatic rings. The first kappa shape index (κ1) is 21.1. The Morgan fingerprint density at radius 2 is 1.71 bits per heavy atom. The van der Waals surface area contributed by atoms with E-state index in [1.165, 1.54) is 4.90 Å². The second-order valence-corrected chi connectivity index (χ2v) is 8.19. The summed E-state index contributed by atoms with van der Waals surface area (Å²) < 4.78 is 5.50. The van der Waals surface area contributed by atoms with E-state index in [1.807, 2.05) is 6.92 Å². The second kappa shape index (κ2) is 8.15. The van der Waals surface area contributed by atoms with Gasteiger partial charge in [-0.2, -0.15) is 0 Å². The molecule has 2 aliphatic rings. The summed E-state index contributed by atoms with van der Waals surface area (Å²) in [4.78, 5) is 51.9. The molecule has 2 aromatic carbocycles. The van der Waals surface area contributed by atoms with Crippen LogP contribution in [0.1, 0.15) is 30.4 Å². The quantitative estimate of drug-likeness (QED) is 0.412. The lowest BCUT2D eigenvalue weighted by molar-refractivity contribution is -0.139. The van der Waals surface area contributed by atoms with Crippen molar-refractivity contribution in [3.05, 3.63) is 52.5 Å². The first-order valence-electron chi connectivity index (χ1n) is 10.00. The lowest BCUT2D eigenvalue weighted by Gasteiger charge is -2.20. The first-order chi connectivity index (χ1) is 14.8. The highest BCUT2D eigenvalue weighted by Crippen LogP contribution is 2.33. The summed E-state index contributed by atoms with van der Waals surface area (Å²) in [6, 6.07) is 10.1. The number of amides is 3. The maximum Gasteiger partial charge on any atom is 0.316 e. The van der Waals surface area contributed by atoms with Gasteiger partial charge in [-0.15, -0.1) is 0 Å². The van der Waals surface area contributed by atoms with Gasteiger partial charge in [-0.25, -0.2) is 0 Å². The zero-order valence-corrected chi connectivity index (χ0v) is 17.9. The number of halogens is 1. The fraction of sp³-hybridized carbons (Fsp3) is 0.304. The van der Waals surface area contributed by atoms with Crippen LogP contribution in [-0.2, 0) is 19.2 Å². The molecule has 0 unspecified atom stereocenters. The van der Waals surface area contributed by atoms with Crippen LogP contribution in [-0.4, -0.2) is 30.2 Å². The van der Waals surface area contributed by atoms with Crippen molar-refractivity contribution in [1.29, 1.82) is 0 Å². The largest absolute Gasteiger partial charge is 0.426 e. The van der Waals surface area contributed by atoms with E-state index in [0.29, 0.717) is 27.7 Å². The van der Waals surface area contributed by atoms with E-state index < -0.39 is 11.9 Å². The van der Waals surface area contributed by atoms with Gasteiger partial charge in [0.25, 0.3) is 0 Å². The summed E-state index contributed by atoms with van der Waals surface area (Å²) in [6.07, 6.45) is 0.458. The van der Waals surface area contributed by atoms with Gasteiger partial charge in [0.05, 0.1) is 11.6 Å². The molecule has 0 spiro atoms. The van der Waals surface area contributed by atoms with Crippen LogP contribution >= 0.6 is 11.6 Å². The summed E-state index contributed by atoms with van der Waals surface area (Å²) in [5, 5.41) is 0.557. The SMILES string of the molecule is Cc1cc(OC(=O)[C@H]2CC(=O)N(c3cccc(Cl)c3C)C2)ccc1N1C(=O)CCC1=O. The minimum atomic E-state index is -0.604. The monoisotopic (exact) mass is 440 g/mol. The van der Waals surface area contributed by atoms with Gasteiger partial charge in [0.15, 0.2) is 0 Å². The normalized spacial score (nSPS) is 18.8. The molecule has 3 amide bonds. The summed E-state index contributed by atoms with van der Waals surface area (Å²) in [7, 11) is 0. The van der Waals surface area contributed by atoms with Crippen LogP contribution in [0.15, 0.2) is 36.4 Å². The van der Waals surface area contributed by atoms with E-state index in [9.17, 15) is 19.2 Å². The predicted octanol–water partition coefficient (Wildman–Crippen LogP) is 3.57. The first-order valence-corrected chi connectivity index (χ1v) is 10.4. The number of benzene rings is 2. The molecule has 160 valence electrons. The molecule has 31 heavy (non-hydrogen) atoms. The van der Waals surface area contributed by atoms with Crippen molar-refractivity contribution in [2.75, 3.05) is 16.3 Å². The van der Waals surface area contributed by atoms with Crippen molar-refractivity contribution in [2.24, 2.45) is 5.92 Å². The van der Waals surface area contributed by atoms with Crippen molar-refractivity contribution >= 4 is 46.7 Å². The van der Waals surface area contributed by atoms with E-state index in [4.69, 9.17) is 16.3 Å². The van der Waals surface area contributed by atoms with Gasteiger partial charge in [0.1, 0.15) is 5.75 Å². The Hall–Kier alpha value is -3.19. The minimum absolute atomic E-state index is 0.0542. The van der Waals surface area contributed by atoms with Crippen molar-refractivity contribution in [3.63, 3.8) is 0 Å². The Labute approximate surface area is 184 Å². The van der Waals surface area contributed by atoms with Gasteiger partial charge in [-0.1, -0.05) is 17.7 Å². The standard InChI is InChI=1S/C23H21ClN2O5/c1-13-10-16(6-7-18(13)26-20(27)8-9-21(26)28)31-23(30)15-11-22(29)25(12-15)19-5-3-4-17(24)14(19)2/h3-7,10,15H,8-9,11-12H2,1-2H3/t15-/m0/s1. The van der Waals surface area contributed by atoms with Gasteiger partial charge < -0.3 is 9.64 Å². The number of carbonyl (C=O) groups excluding carboxylic acids is 4. The average Bonchev–Trinajstić information content (AvgIpc) is 3.27. The number of imide groups is 1. The number of hydrogen-bond donors (Lipinski definition) is 0. The maximum atomic E-state index is 12.7. The van der Waals surface area contributed by atoms with Crippen LogP contribution in [0.25, 0.3) is 0 Å². The topological polar surface area (TPSA) is 84.0 Å². The average molecular weight is 441 g/mol. The molecule has 0 bridgehead atoms. The molecular formula is C23H21ClN2O5. The number of nitrogens with zero attached hydrogens (tertiary/aromatic N) is 2. The van der Waals surface area contributed by atoms with E-state index in [-0.39, 0.29) is 43.5 Å². The molecule has 0 aromatic heterocycles. The lowest BCUT2D eigenvalue weighted by Crippen LogP contribution is -2.29. The molecule has 8 heteroatoms. The van der Waals surface area contributed by atoms with E-state index >= 15 is 0 Å². The molecule has 1 atom stereocenters. The molecule has 2 aliphatic heterocycles. The third kappa shape index (κ3) is 3.93. The van der Waals surface area contributed by atoms with E-state index in [1.54, 1.807) is 48.2 Å². The zero-order valence-electron chi connectivity index (χ0n) is 17.2. The minimum Gasteiger partial charge on any atom is -0.426 e. The summed E-state index contributed by atoms with van der Waals surface area (Å²) in [6.45, 7) is 3.79. The zero-order chi connectivity index (χ0) is 22.3. The van der Waals surface area contributed by atoms with Gasteiger partial charge in [0.2, 0.25) is 17.7 Å². The molecule has 2 saturated heterocycles. The summed E-state index contributed by atoms with van der Waals surface area (Å²) >= 11 is 6.16. The molecule has 4 rings (SSSR count). The van der Waals surface area contributed by atoms with Crippen LogP contribution in [0, 0.1) is 19.8 Å². The highest BCUT2D eigenvalue weighted by Gasteiger charge is 2.37. The Kier molecular flexibility index (Phi) is 5.54. The van der Waals surface area contributed by atoms with Crippen LogP contribution in [0.2, 0.25) is 5.02 Å². The van der Waals surface area contributed by atoms with Crippen molar-refractivity contribution in [3.8, 4) is 5.75 Å². The second-order valence-electron chi connectivity index (χ2n) is 7.78. The van der Waals surface area contributed by atoms with Crippen LogP contribution in [0.3, 0.4) is 0 Å². The smallest absolute Gasteiger partial charge is 0.316 e. The van der Waals surface area contributed by atoms with Crippen LogP contribution in [0.4, 0.5) is 11.4 Å². The number of rotatable bonds is 4. The number of hydrogen-bond acceptors (Lipinski definition) is 5. The van der Waals surface area contributed by atoms with E-state index in [2.05, 4.69) is 0 Å². The maximum absolute atomic E-state index is 12.7. The molecule has 0 saturated carbocycles. The highest BCUT2D eigenvalue weighted by molar-refractivity contribution is 6.31. The van der Waals surface area contributed by atoms with E-state index in [0.717, 1.165) is 5.56 Å². The molecule has 7 nitrogen and oxygen atoms in total. The molecule has 0 N–H and O–H groups in total. The van der Waals surface area contributed by atoms with Crippen molar-refractivity contribution < 1.29 is 23.9 Å². The molecule has 2 fully saturated rings. The predicted molar refractivity (Wildman–Crippen MR) is 115 cm³/mol. The Morgan fingerprint density at radius 3 is 2.39 bits per heavy atom.